The minimum Gasteiger partial charge on any atom is -0.461 e. The van der Waals surface area contributed by atoms with Crippen LogP contribution in [0.1, 0.15) is 0 Å². The summed E-state index contributed by atoms with van der Waals surface area (Å²) in [4.78, 5) is 0. The molecule has 0 aliphatic heterocycles. The normalized spacial score (nSPS) is 13.1. The second-order valence-corrected chi connectivity index (χ2v) is 2.43. The van der Waals surface area contributed by atoms with E-state index >= 15 is 0 Å². The molecular formula is C10H12O3. The van der Waals surface area contributed by atoms with Gasteiger partial charge < -0.3 is 14.9 Å². The zero-order valence-corrected chi connectivity index (χ0v) is 7.13. The summed E-state index contributed by atoms with van der Waals surface area (Å²) in [6.45, 7) is -0.102. The van der Waals surface area contributed by atoms with Gasteiger partial charge in [-0.2, -0.15) is 0 Å². The van der Waals surface area contributed by atoms with Gasteiger partial charge in [0.15, 0.2) is 0 Å². The number of benzene rings is 1. The Labute approximate surface area is 76.9 Å². The molecule has 70 valence electrons. The Morgan fingerprint density at radius 1 is 1.31 bits per heavy atom. The van der Waals surface area contributed by atoms with Gasteiger partial charge in [0.25, 0.3) is 0 Å². The van der Waals surface area contributed by atoms with E-state index < -0.39 is 6.29 Å². The molecule has 0 amide bonds. The van der Waals surface area contributed by atoms with Crippen molar-refractivity contribution in [1.82, 2.24) is 0 Å². The molecule has 0 radical (unpaired) electrons. The van der Waals surface area contributed by atoms with Gasteiger partial charge in [0.2, 0.25) is 6.29 Å². The van der Waals surface area contributed by atoms with Crippen LogP contribution in [-0.4, -0.2) is 23.1 Å². The molecule has 0 fully saturated rings. The molecule has 1 unspecified atom stereocenters. The summed E-state index contributed by atoms with van der Waals surface area (Å²) < 4.78 is 5.07. The maximum atomic E-state index is 9.21. The third kappa shape index (κ3) is 3.73. The molecule has 13 heavy (non-hydrogen) atoms. The standard InChI is InChI=1S/C10H12O3/c11-8-4-7-10(12)13-9-5-2-1-3-6-9/h1-7,10-12H,8H2. The van der Waals surface area contributed by atoms with Crippen LogP contribution >= 0.6 is 0 Å². The lowest BCUT2D eigenvalue weighted by atomic mass is 10.3. The summed E-state index contributed by atoms with van der Waals surface area (Å²) in [5.41, 5.74) is 0. The largest absolute Gasteiger partial charge is 0.461 e. The Morgan fingerprint density at radius 2 is 2.00 bits per heavy atom. The zero-order valence-electron chi connectivity index (χ0n) is 7.13. The first kappa shape index (κ1) is 9.77. The second-order valence-electron chi connectivity index (χ2n) is 2.43. The zero-order chi connectivity index (χ0) is 9.52. The molecule has 0 saturated carbocycles. The SMILES string of the molecule is OCC=CC(O)Oc1ccccc1. The van der Waals surface area contributed by atoms with Crippen molar-refractivity contribution in [3.05, 3.63) is 42.5 Å². The van der Waals surface area contributed by atoms with Crippen LogP contribution in [0.4, 0.5) is 0 Å². The predicted molar refractivity (Wildman–Crippen MR) is 49.3 cm³/mol. The van der Waals surface area contributed by atoms with E-state index in [1.807, 2.05) is 18.2 Å². The number of hydrogen-bond donors (Lipinski definition) is 2. The molecule has 1 rings (SSSR count). The monoisotopic (exact) mass is 180 g/mol. The van der Waals surface area contributed by atoms with Gasteiger partial charge in [0.05, 0.1) is 6.61 Å². The quantitative estimate of drug-likeness (QED) is 0.535. The van der Waals surface area contributed by atoms with Crippen LogP contribution in [0.3, 0.4) is 0 Å². The molecule has 0 saturated heterocycles. The second kappa shape index (κ2) is 5.35. The van der Waals surface area contributed by atoms with E-state index in [1.165, 1.54) is 12.2 Å². The van der Waals surface area contributed by atoms with Gasteiger partial charge in [0.1, 0.15) is 5.75 Å². The lowest BCUT2D eigenvalue weighted by Crippen LogP contribution is -2.11. The van der Waals surface area contributed by atoms with Crippen LogP contribution in [0, 0.1) is 0 Å². The summed E-state index contributed by atoms with van der Waals surface area (Å²) in [5, 5.41) is 17.6. The van der Waals surface area contributed by atoms with Crippen LogP contribution in [0.2, 0.25) is 0 Å². The third-order valence-corrected chi connectivity index (χ3v) is 1.41. The molecule has 2 N–H and O–H groups in total. The fourth-order valence-corrected chi connectivity index (χ4v) is 0.855. The molecule has 1 atom stereocenters. The van der Waals surface area contributed by atoms with E-state index in [-0.39, 0.29) is 6.61 Å². The van der Waals surface area contributed by atoms with Crippen molar-refractivity contribution < 1.29 is 14.9 Å². The van der Waals surface area contributed by atoms with Crippen LogP contribution in [0.5, 0.6) is 5.75 Å². The minimum absolute atomic E-state index is 0.102. The average Bonchev–Trinajstić information content (AvgIpc) is 2.16. The van der Waals surface area contributed by atoms with E-state index in [4.69, 9.17) is 9.84 Å². The van der Waals surface area contributed by atoms with Gasteiger partial charge in [-0.1, -0.05) is 24.3 Å². The number of rotatable bonds is 4. The van der Waals surface area contributed by atoms with E-state index in [1.54, 1.807) is 12.1 Å². The molecule has 3 heteroatoms. The van der Waals surface area contributed by atoms with E-state index in [0.29, 0.717) is 5.75 Å². The smallest absolute Gasteiger partial charge is 0.217 e. The van der Waals surface area contributed by atoms with E-state index in [2.05, 4.69) is 0 Å². The Morgan fingerprint density at radius 3 is 2.62 bits per heavy atom. The van der Waals surface area contributed by atoms with Gasteiger partial charge in [0, 0.05) is 0 Å². The number of para-hydroxylation sites is 1. The Hall–Kier alpha value is -1.32. The molecule has 1 aromatic rings. The maximum absolute atomic E-state index is 9.21. The van der Waals surface area contributed by atoms with E-state index in [9.17, 15) is 5.11 Å². The van der Waals surface area contributed by atoms with Gasteiger partial charge in [-0.3, -0.25) is 0 Å². The highest BCUT2D eigenvalue weighted by Crippen LogP contribution is 2.09. The first-order valence-electron chi connectivity index (χ1n) is 4.00. The van der Waals surface area contributed by atoms with Crippen LogP contribution < -0.4 is 4.74 Å². The molecule has 0 aromatic heterocycles. The maximum Gasteiger partial charge on any atom is 0.217 e. The summed E-state index contributed by atoms with van der Waals surface area (Å²) in [5.74, 6) is 0.595. The molecule has 0 heterocycles. The van der Waals surface area contributed by atoms with Gasteiger partial charge >= 0.3 is 0 Å². The fourth-order valence-electron chi connectivity index (χ4n) is 0.855. The first-order chi connectivity index (χ1) is 6.33. The molecule has 0 spiro atoms. The van der Waals surface area contributed by atoms with Crippen molar-refractivity contribution in [2.75, 3.05) is 6.61 Å². The van der Waals surface area contributed by atoms with Crippen molar-refractivity contribution in [1.29, 1.82) is 0 Å². The highest BCUT2D eigenvalue weighted by atomic mass is 16.6. The Kier molecular flexibility index (Phi) is 4.02. The summed E-state index contributed by atoms with van der Waals surface area (Å²) in [6.07, 6.45) is 1.80. The van der Waals surface area contributed by atoms with Crippen molar-refractivity contribution in [3.63, 3.8) is 0 Å². The minimum atomic E-state index is -1.01. The molecule has 0 bridgehead atoms. The lowest BCUT2D eigenvalue weighted by molar-refractivity contribution is 0.0243. The number of ether oxygens (including phenoxy) is 1. The summed E-state index contributed by atoms with van der Waals surface area (Å²) >= 11 is 0. The summed E-state index contributed by atoms with van der Waals surface area (Å²) in [7, 11) is 0. The Balaban J connectivity index is 2.45. The number of hydrogen-bond acceptors (Lipinski definition) is 3. The van der Waals surface area contributed by atoms with Crippen molar-refractivity contribution in [2.24, 2.45) is 0 Å². The van der Waals surface area contributed by atoms with Gasteiger partial charge in [-0.05, 0) is 18.2 Å². The molecule has 1 aromatic carbocycles. The molecule has 0 aliphatic rings. The Bertz CT molecular complexity index is 256. The number of aliphatic hydroxyl groups excluding tert-OH is 2. The highest BCUT2D eigenvalue weighted by Gasteiger charge is 1.98. The molecule has 0 aliphatic carbocycles. The highest BCUT2D eigenvalue weighted by molar-refractivity contribution is 5.21. The third-order valence-electron chi connectivity index (χ3n) is 1.41. The average molecular weight is 180 g/mol. The van der Waals surface area contributed by atoms with Crippen molar-refractivity contribution >= 4 is 0 Å². The van der Waals surface area contributed by atoms with Crippen LogP contribution in [0.25, 0.3) is 0 Å². The van der Waals surface area contributed by atoms with Gasteiger partial charge in [-0.15, -0.1) is 0 Å². The van der Waals surface area contributed by atoms with Crippen molar-refractivity contribution in [3.8, 4) is 5.75 Å². The lowest BCUT2D eigenvalue weighted by Gasteiger charge is -2.08. The molecular weight excluding hydrogens is 168 g/mol. The van der Waals surface area contributed by atoms with Crippen molar-refractivity contribution in [2.45, 2.75) is 6.29 Å². The first-order valence-corrected chi connectivity index (χ1v) is 4.00. The van der Waals surface area contributed by atoms with Crippen LogP contribution in [-0.2, 0) is 0 Å². The topological polar surface area (TPSA) is 49.7 Å². The van der Waals surface area contributed by atoms with Crippen LogP contribution in [0.15, 0.2) is 42.5 Å². The predicted octanol–water partition coefficient (Wildman–Crippen LogP) is 0.932. The fraction of sp³-hybridized carbons (Fsp3) is 0.200. The van der Waals surface area contributed by atoms with E-state index in [0.717, 1.165) is 0 Å². The number of aliphatic hydroxyl groups is 2. The molecule has 3 nitrogen and oxygen atoms in total. The van der Waals surface area contributed by atoms with Gasteiger partial charge in [-0.25, -0.2) is 0 Å². The summed E-state index contributed by atoms with van der Waals surface area (Å²) in [6, 6.07) is 8.99.